The largest absolute Gasteiger partial charge is 0.440 e. The van der Waals surface area contributed by atoms with Crippen LogP contribution in [0.5, 0.6) is 0 Å². The molecule has 36 heavy (non-hydrogen) atoms. The number of fused-ring (bicyclic) bond motifs is 2. The van der Waals surface area contributed by atoms with Gasteiger partial charge in [-0.15, -0.1) is 0 Å². The average Bonchev–Trinajstić information content (AvgIpc) is 3.55. The van der Waals surface area contributed by atoms with Crippen LogP contribution >= 0.6 is 0 Å². The molecule has 8 nitrogen and oxygen atoms in total. The van der Waals surface area contributed by atoms with Gasteiger partial charge >= 0.3 is 11.8 Å². The van der Waals surface area contributed by atoms with E-state index in [1.807, 2.05) is 50.2 Å². The molecule has 0 bridgehead atoms. The molecule has 2 amide bonds. The minimum absolute atomic E-state index is 0.159. The summed E-state index contributed by atoms with van der Waals surface area (Å²) in [6.45, 7) is 6.16. The van der Waals surface area contributed by atoms with Crippen LogP contribution in [0.4, 0.5) is 0 Å². The van der Waals surface area contributed by atoms with Gasteiger partial charge in [0, 0.05) is 38.0 Å². The standard InChI is InChI=1S/C28H30N4O4/c1-17-5-3-7-21-23(17)35-25(29-21)19-9-13-31(14-10-19)27(33)28(34)32-15-11-20(12-16-32)26-30-22-8-4-6-18(2)24(22)36-26/h3-8,19-20H,9-16H2,1-2H3. The summed E-state index contributed by atoms with van der Waals surface area (Å²) in [4.78, 5) is 38.7. The number of rotatable bonds is 2. The molecule has 0 saturated carbocycles. The van der Waals surface area contributed by atoms with Gasteiger partial charge in [-0.3, -0.25) is 9.59 Å². The molecule has 2 aliphatic heterocycles. The maximum Gasteiger partial charge on any atom is 0.312 e. The zero-order valence-corrected chi connectivity index (χ0v) is 20.7. The number of oxazole rings is 2. The molecule has 8 heteroatoms. The van der Waals surface area contributed by atoms with Crippen molar-refractivity contribution < 1.29 is 18.4 Å². The highest BCUT2D eigenvalue weighted by atomic mass is 16.4. The maximum atomic E-state index is 13.0. The number of aryl methyl sites for hydroxylation is 2. The van der Waals surface area contributed by atoms with Crippen LogP contribution in [-0.4, -0.2) is 57.8 Å². The number of nitrogens with zero attached hydrogens (tertiary/aromatic N) is 4. The maximum absolute atomic E-state index is 13.0. The van der Waals surface area contributed by atoms with Gasteiger partial charge in [-0.1, -0.05) is 24.3 Å². The van der Waals surface area contributed by atoms with Crippen LogP contribution in [0.1, 0.15) is 60.4 Å². The Morgan fingerprint density at radius 3 is 1.44 bits per heavy atom. The molecule has 0 aliphatic carbocycles. The van der Waals surface area contributed by atoms with Crippen LogP contribution < -0.4 is 0 Å². The SMILES string of the molecule is Cc1cccc2nc(C3CCN(C(=O)C(=O)N4CCC(c5nc6cccc(C)c6o5)CC4)CC3)oc12. The van der Waals surface area contributed by atoms with E-state index < -0.39 is 11.8 Å². The predicted molar refractivity (Wildman–Crippen MR) is 135 cm³/mol. The van der Waals surface area contributed by atoms with Crippen molar-refractivity contribution in [2.75, 3.05) is 26.2 Å². The van der Waals surface area contributed by atoms with Gasteiger partial charge in [0.05, 0.1) is 0 Å². The molecule has 2 aromatic carbocycles. The molecular weight excluding hydrogens is 456 g/mol. The summed E-state index contributed by atoms with van der Waals surface area (Å²) >= 11 is 0. The van der Waals surface area contributed by atoms with E-state index in [1.54, 1.807) is 9.80 Å². The first-order chi connectivity index (χ1) is 17.5. The Morgan fingerprint density at radius 2 is 1.08 bits per heavy atom. The van der Waals surface area contributed by atoms with E-state index >= 15 is 0 Å². The molecule has 0 radical (unpaired) electrons. The monoisotopic (exact) mass is 486 g/mol. The fourth-order valence-electron chi connectivity index (χ4n) is 5.49. The highest BCUT2D eigenvalue weighted by Gasteiger charge is 2.34. The summed E-state index contributed by atoms with van der Waals surface area (Å²) in [6, 6.07) is 11.9. The lowest BCUT2D eigenvalue weighted by Gasteiger charge is -2.34. The first kappa shape index (κ1) is 22.8. The Balaban J connectivity index is 1.04. The van der Waals surface area contributed by atoms with E-state index in [9.17, 15) is 9.59 Å². The third kappa shape index (κ3) is 4.04. The molecule has 4 heterocycles. The van der Waals surface area contributed by atoms with Gasteiger partial charge in [-0.25, -0.2) is 9.97 Å². The van der Waals surface area contributed by atoms with Crippen molar-refractivity contribution in [2.45, 2.75) is 51.4 Å². The second-order valence-corrected chi connectivity index (χ2v) is 10.1. The minimum Gasteiger partial charge on any atom is -0.440 e. The molecule has 2 saturated heterocycles. The minimum atomic E-state index is -0.405. The molecule has 0 N–H and O–H groups in total. The first-order valence-electron chi connectivity index (χ1n) is 12.8. The van der Waals surface area contributed by atoms with Crippen LogP contribution in [0.25, 0.3) is 22.2 Å². The fourth-order valence-corrected chi connectivity index (χ4v) is 5.49. The Bertz CT molecular complexity index is 1330. The second-order valence-electron chi connectivity index (χ2n) is 10.1. The fraction of sp³-hybridized carbons (Fsp3) is 0.429. The molecule has 6 rings (SSSR count). The van der Waals surface area contributed by atoms with Crippen LogP contribution in [0.15, 0.2) is 45.2 Å². The van der Waals surface area contributed by atoms with Gasteiger partial charge in [0.2, 0.25) is 0 Å². The van der Waals surface area contributed by atoms with Crippen molar-refractivity contribution in [1.82, 2.24) is 19.8 Å². The van der Waals surface area contributed by atoms with Crippen molar-refractivity contribution in [3.8, 4) is 0 Å². The third-order valence-corrected chi connectivity index (χ3v) is 7.70. The van der Waals surface area contributed by atoms with Crippen LogP contribution in [-0.2, 0) is 9.59 Å². The van der Waals surface area contributed by atoms with E-state index in [4.69, 9.17) is 8.83 Å². The molecule has 2 aromatic heterocycles. The predicted octanol–water partition coefficient (Wildman–Crippen LogP) is 4.70. The van der Waals surface area contributed by atoms with Crippen LogP contribution in [0, 0.1) is 13.8 Å². The normalized spacial score (nSPS) is 17.8. The summed E-state index contributed by atoms with van der Waals surface area (Å²) in [6.07, 6.45) is 2.96. The van der Waals surface area contributed by atoms with Gasteiger partial charge in [0.25, 0.3) is 0 Å². The average molecular weight is 487 g/mol. The number of hydrogen-bond donors (Lipinski definition) is 0. The molecule has 186 valence electrons. The topological polar surface area (TPSA) is 92.7 Å². The molecule has 0 unspecified atom stereocenters. The summed E-state index contributed by atoms with van der Waals surface area (Å²) in [7, 11) is 0. The van der Waals surface area contributed by atoms with Crippen molar-refractivity contribution in [1.29, 1.82) is 0 Å². The van der Waals surface area contributed by atoms with Crippen molar-refractivity contribution in [3.63, 3.8) is 0 Å². The van der Waals surface area contributed by atoms with Gasteiger partial charge in [-0.05, 0) is 62.8 Å². The number of hydrogen-bond acceptors (Lipinski definition) is 6. The van der Waals surface area contributed by atoms with Crippen LogP contribution in [0.2, 0.25) is 0 Å². The zero-order chi connectivity index (χ0) is 24.8. The number of amides is 2. The first-order valence-corrected chi connectivity index (χ1v) is 12.8. The lowest BCUT2D eigenvalue weighted by Crippen LogP contribution is -2.49. The smallest absolute Gasteiger partial charge is 0.312 e. The number of carbonyl (C=O) groups is 2. The number of aromatic nitrogens is 2. The number of benzene rings is 2. The van der Waals surface area contributed by atoms with Crippen LogP contribution in [0.3, 0.4) is 0 Å². The van der Waals surface area contributed by atoms with Crippen molar-refractivity contribution in [3.05, 3.63) is 59.3 Å². The van der Waals surface area contributed by atoms with E-state index in [1.165, 1.54) is 0 Å². The van der Waals surface area contributed by atoms with Crippen molar-refractivity contribution >= 4 is 34.0 Å². The summed E-state index contributed by atoms with van der Waals surface area (Å²) in [5.41, 5.74) is 5.54. The van der Waals surface area contributed by atoms with E-state index in [0.717, 1.165) is 70.8 Å². The molecule has 2 fully saturated rings. The number of piperidine rings is 2. The lowest BCUT2D eigenvalue weighted by molar-refractivity contribution is -0.153. The van der Waals surface area contributed by atoms with Gasteiger partial charge < -0.3 is 18.6 Å². The molecule has 2 aliphatic rings. The molecule has 4 aromatic rings. The number of para-hydroxylation sites is 2. The zero-order valence-electron chi connectivity index (χ0n) is 20.7. The molecular formula is C28H30N4O4. The summed E-state index contributed by atoms with van der Waals surface area (Å²) in [5, 5.41) is 0. The Labute approximate surface area is 209 Å². The lowest BCUT2D eigenvalue weighted by atomic mass is 9.95. The number of likely N-dealkylation sites (tertiary alicyclic amines) is 2. The second kappa shape index (κ2) is 9.08. The van der Waals surface area contributed by atoms with E-state index in [0.29, 0.717) is 26.2 Å². The summed E-state index contributed by atoms with van der Waals surface area (Å²) in [5.74, 6) is 0.970. The van der Waals surface area contributed by atoms with Gasteiger partial charge in [0.15, 0.2) is 22.9 Å². The van der Waals surface area contributed by atoms with Gasteiger partial charge in [-0.2, -0.15) is 0 Å². The molecule has 0 spiro atoms. The Hall–Kier alpha value is -3.68. The van der Waals surface area contributed by atoms with E-state index in [-0.39, 0.29) is 11.8 Å². The quantitative estimate of drug-likeness (QED) is 0.382. The Morgan fingerprint density at radius 1 is 0.694 bits per heavy atom. The number of carbonyl (C=O) groups excluding carboxylic acids is 2. The van der Waals surface area contributed by atoms with Gasteiger partial charge in [0.1, 0.15) is 11.0 Å². The Kier molecular flexibility index (Phi) is 5.74. The summed E-state index contributed by atoms with van der Waals surface area (Å²) < 4.78 is 12.1. The third-order valence-electron chi connectivity index (χ3n) is 7.70. The highest BCUT2D eigenvalue weighted by Crippen LogP contribution is 2.33. The molecule has 0 atom stereocenters. The van der Waals surface area contributed by atoms with Crippen molar-refractivity contribution in [2.24, 2.45) is 0 Å². The highest BCUT2D eigenvalue weighted by molar-refractivity contribution is 6.34. The van der Waals surface area contributed by atoms with E-state index in [2.05, 4.69) is 9.97 Å².